The van der Waals surface area contributed by atoms with Crippen LogP contribution in [0.2, 0.25) is 0 Å². The number of nitrogen functional groups attached to an aromatic ring is 1. The maximum absolute atomic E-state index is 12.4. The van der Waals surface area contributed by atoms with Crippen LogP contribution >= 0.6 is 0 Å². The maximum Gasteiger partial charge on any atom is 0.315 e. The second kappa shape index (κ2) is 10.6. The molecule has 196 valence electrons. The number of urea groups is 1. The van der Waals surface area contributed by atoms with E-state index in [4.69, 9.17) is 25.9 Å². The van der Waals surface area contributed by atoms with Gasteiger partial charge in [0.05, 0.1) is 16.6 Å². The molecule has 2 amide bonds. The molecule has 0 aliphatic heterocycles. The minimum Gasteiger partial charge on any atom is -0.489 e. The molecule has 4 rings (SSSR count). The first-order valence-electron chi connectivity index (χ1n) is 12.5. The third kappa shape index (κ3) is 5.46. The van der Waals surface area contributed by atoms with Crippen LogP contribution in [-0.4, -0.2) is 43.7 Å². The Kier molecular flexibility index (Phi) is 7.54. The molecule has 0 radical (unpaired) electrons. The van der Waals surface area contributed by atoms with Gasteiger partial charge in [0, 0.05) is 30.6 Å². The van der Waals surface area contributed by atoms with Crippen LogP contribution in [0, 0.1) is 0 Å². The van der Waals surface area contributed by atoms with Crippen molar-refractivity contribution in [1.29, 1.82) is 0 Å². The van der Waals surface area contributed by atoms with Gasteiger partial charge in [0.25, 0.3) is 0 Å². The first kappa shape index (κ1) is 26.2. The predicted molar refractivity (Wildman–Crippen MR) is 146 cm³/mol. The van der Waals surface area contributed by atoms with Crippen molar-refractivity contribution in [1.82, 2.24) is 19.4 Å². The summed E-state index contributed by atoms with van der Waals surface area (Å²) in [6.45, 7) is 11.6. The zero-order chi connectivity index (χ0) is 26.7. The van der Waals surface area contributed by atoms with Crippen molar-refractivity contribution >= 4 is 33.8 Å². The van der Waals surface area contributed by atoms with Crippen LogP contribution < -0.4 is 16.2 Å². The van der Waals surface area contributed by atoms with E-state index < -0.39 is 11.6 Å². The van der Waals surface area contributed by atoms with E-state index in [1.165, 1.54) is 0 Å². The predicted octanol–water partition coefficient (Wildman–Crippen LogP) is 4.85. The van der Waals surface area contributed by atoms with E-state index in [1.807, 2.05) is 83.1 Å². The highest BCUT2D eigenvalue weighted by atomic mass is 16.5. The van der Waals surface area contributed by atoms with Crippen LogP contribution in [0.1, 0.15) is 46.0 Å². The van der Waals surface area contributed by atoms with E-state index in [0.29, 0.717) is 54.8 Å². The van der Waals surface area contributed by atoms with Gasteiger partial charge in [0.15, 0.2) is 5.82 Å². The smallest absolute Gasteiger partial charge is 0.315 e. The van der Waals surface area contributed by atoms with Gasteiger partial charge in [-0.15, -0.1) is 0 Å². The summed E-state index contributed by atoms with van der Waals surface area (Å²) in [7, 11) is 0. The molecule has 4 N–H and O–H groups in total. The number of nitrogens with zero attached hydrogens (tertiary/aromatic N) is 4. The van der Waals surface area contributed by atoms with Crippen LogP contribution in [-0.2, 0) is 24.5 Å². The van der Waals surface area contributed by atoms with E-state index in [0.717, 1.165) is 16.5 Å². The van der Waals surface area contributed by atoms with Gasteiger partial charge in [0.2, 0.25) is 0 Å². The van der Waals surface area contributed by atoms with Crippen LogP contribution in [0.5, 0.6) is 5.75 Å². The summed E-state index contributed by atoms with van der Waals surface area (Å²) in [5, 5.41) is 0.887. The molecular formula is C28H36N6O3. The Morgan fingerprint density at radius 1 is 1.11 bits per heavy atom. The average Bonchev–Trinajstić information content (AvgIpc) is 3.19. The fourth-order valence-corrected chi connectivity index (χ4v) is 4.96. The minimum atomic E-state index is -0.613. The molecule has 0 atom stereocenters. The van der Waals surface area contributed by atoms with E-state index >= 15 is 0 Å². The number of carbonyl (C=O) groups is 1. The van der Waals surface area contributed by atoms with Gasteiger partial charge in [-0.25, -0.2) is 14.8 Å². The second-order valence-corrected chi connectivity index (χ2v) is 10.0. The number of nitrogens with two attached hydrogens (primary N) is 2. The molecule has 2 aromatic carbocycles. The number of pyridine rings is 1. The Labute approximate surface area is 217 Å². The third-order valence-corrected chi connectivity index (χ3v) is 6.39. The van der Waals surface area contributed by atoms with Crippen LogP contribution in [0.15, 0.2) is 48.5 Å². The number of primary amides is 1. The van der Waals surface area contributed by atoms with Crippen molar-refractivity contribution < 1.29 is 14.3 Å². The number of aromatic nitrogens is 3. The van der Waals surface area contributed by atoms with Crippen molar-refractivity contribution in [2.45, 2.75) is 66.0 Å². The minimum absolute atomic E-state index is 0.0783. The summed E-state index contributed by atoms with van der Waals surface area (Å²) in [5.74, 6) is 1.74. The lowest BCUT2D eigenvalue weighted by atomic mass is 10.0. The second-order valence-electron chi connectivity index (χ2n) is 10.0. The summed E-state index contributed by atoms with van der Waals surface area (Å²) >= 11 is 0. The van der Waals surface area contributed by atoms with Crippen molar-refractivity contribution in [3.8, 4) is 5.75 Å². The van der Waals surface area contributed by atoms with Crippen molar-refractivity contribution in [2.24, 2.45) is 5.73 Å². The molecule has 2 aromatic heterocycles. The summed E-state index contributed by atoms with van der Waals surface area (Å²) in [6.07, 6.45) is 0. The molecule has 0 saturated carbocycles. The summed E-state index contributed by atoms with van der Waals surface area (Å²) < 4.78 is 13.8. The Hall–Kier alpha value is -3.85. The van der Waals surface area contributed by atoms with Gasteiger partial charge < -0.3 is 30.4 Å². The molecule has 0 bridgehead atoms. The number of benzene rings is 2. The normalized spacial score (nSPS) is 11.9. The zero-order valence-electron chi connectivity index (χ0n) is 22.2. The molecule has 2 heterocycles. The number of hydrogen-bond donors (Lipinski definition) is 2. The van der Waals surface area contributed by atoms with Gasteiger partial charge >= 0.3 is 6.03 Å². The lowest BCUT2D eigenvalue weighted by Crippen LogP contribution is -2.55. The standard InChI is InChI=1S/C28H36N6O3/c1-6-36-16-23-32-24-25(33(23)17-28(4,5)34(18(2)3)27(30)35)21-13-12-20(14-22(21)31-26(24)29)37-15-19-10-8-7-9-11-19/h7-14,18H,6,15-17H2,1-5H3,(H2,29,31)(H2,30,35). The lowest BCUT2D eigenvalue weighted by Gasteiger charge is -2.41. The number of hydrogen-bond acceptors (Lipinski definition) is 6. The zero-order valence-corrected chi connectivity index (χ0v) is 22.2. The summed E-state index contributed by atoms with van der Waals surface area (Å²) in [4.78, 5) is 23.5. The molecule has 37 heavy (non-hydrogen) atoms. The number of fused-ring (bicyclic) bond motifs is 3. The largest absolute Gasteiger partial charge is 0.489 e. The number of anilines is 1. The number of amides is 2. The maximum atomic E-state index is 12.4. The van der Waals surface area contributed by atoms with Crippen molar-refractivity contribution in [2.75, 3.05) is 12.3 Å². The number of carbonyl (C=O) groups excluding carboxylic acids is 1. The van der Waals surface area contributed by atoms with E-state index in [-0.39, 0.29) is 6.04 Å². The fourth-order valence-electron chi connectivity index (χ4n) is 4.96. The number of rotatable bonds is 10. The fraction of sp³-hybridized carbons (Fsp3) is 0.393. The topological polar surface area (TPSA) is 122 Å². The van der Waals surface area contributed by atoms with Gasteiger partial charge in [-0.2, -0.15) is 0 Å². The molecule has 0 saturated heterocycles. The van der Waals surface area contributed by atoms with Crippen LogP contribution in [0.4, 0.5) is 10.6 Å². The van der Waals surface area contributed by atoms with E-state index in [2.05, 4.69) is 9.55 Å². The lowest BCUT2D eigenvalue weighted by molar-refractivity contribution is 0.0975. The molecule has 0 fully saturated rings. The van der Waals surface area contributed by atoms with E-state index in [1.54, 1.807) is 4.90 Å². The first-order chi connectivity index (χ1) is 17.6. The first-order valence-corrected chi connectivity index (χ1v) is 12.5. The molecule has 9 nitrogen and oxygen atoms in total. The highest BCUT2D eigenvalue weighted by Crippen LogP contribution is 2.33. The van der Waals surface area contributed by atoms with Gasteiger partial charge in [-0.05, 0) is 52.3 Å². The average molecular weight is 505 g/mol. The molecular weight excluding hydrogens is 468 g/mol. The summed E-state index contributed by atoms with van der Waals surface area (Å²) in [6, 6.07) is 15.2. The molecule has 0 aliphatic rings. The highest BCUT2D eigenvalue weighted by molar-refractivity contribution is 6.07. The molecule has 0 aliphatic carbocycles. The Bertz CT molecular complexity index is 1400. The van der Waals surface area contributed by atoms with E-state index in [9.17, 15) is 4.79 Å². The van der Waals surface area contributed by atoms with Crippen molar-refractivity contribution in [3.63, 3.8) is 0 Å². The Balaban J connectivity index is 1.81. The SMILES string of the molecule is CCOCc1nc2c(N)nc3cc(OCc4ccccc4)ccc3c2n1CC(C)(C)N(C(N)=O)C(C)C. The number of ether oxygens (including phenoxy) is 2. The Morgan fingerprint density at radius 3 is 2.49 bits per heavy atom. The molecule has 0 unspecified atom stereocenters. The monoisotopic (exact) mass is 504 g/mol. The quantitative estimate of drug-likeness (QED) is 0.318. The van der Waals surface area contributed by atoms with Gasteiger partial charge in [-0.1, -0.05) is 30.3 Å². The highest BCUT2D eigenvalue weighted by Gasteiger charge is 2.34. The van der Waals surface area contributed by atoms with Crippen LogP contribution in [0.3, 0.4) is 0 Å². The molecule has 9 heteroatoms. The molecule has 0 spiro atoms. The van der Waals surface area contributed by atoms with Gasteiger partial charge in [-0.3, -0.25) is 0 Å². The Morgan fingerprint density at radius 2 is 1.84 bits per heavy atom. The van der Waals surface area contributed by atoms with Gasteiger partial charge in [0.1, 0.15) is 30.3 Å². The summed E-state index contributed by atoms with van der Waals surface area (Å²) in [5.41, 5.74) is 14.8. The third-order valence-electron chi connectivity index (χ3n) is 6.39. The number of imidazole rings is 1. The van der Waals surface area contributed by atoms with Crippen LogP contribution in [0.25, 0.3) is 21.9 Å². The molecule has 4 aromatic rings. The van der Waals surface area contributed by atoms with Crippen molar-refractivity contribution in [3.05, 3.63) is 59.9 Å².